The number of rotatable bonds is 12. The minimum absolute atomic E-state index is 0.0643. The Morgan fingerprint density at radius 3 is 1.54 bits per heavy atom. The Labute approximate surface area is 240 Å². The predicted octanol–water partition coefficient (Wildman–Crippen LogP) is 5.70. The molecular formula is C33H36O8. The summed E-state index contributed by atoms with van der Waals surface area (Å²) in [5.41, 5.74) is 4.92. The lowest BCUT2D eigenvalue weighted by atomic mass is 9.92. The first-order chi connectivity index (χ1) is 19.8. The molecule has 0 unspecified atom stereocenters. The Bertz CT molecular complexity index is 1510. The number of aryl methyl sites for hydroxylation is 4. The monoisotopic (exact) mass is 560 g/mol. The molecule has 0 radical (unpaired) electrons. The molecule has 0 saturated carbocycles. The number of aromatic hydroxyl groups is 4. The predicted molar refractivity (Wildman–Crippen MR) is 156 cm³/mol. The summed E-state index contributed by atoms with van der Waals surface area (Å²) in [6.45, 7) is 0. The van der Waals surface area contributed by atoms with Gasteiger partial charge in [0, 0.05) is 23.6 Å². The number of hydrogen-bond acceptors (Lipinski definition) is 8. The fourth-order valence-electron chi connectivity index (χ4n) is 4.92. The molecule has 216 valence electrons. The standard InChI is InChI=1S/C33H36O8/c1-38-24-17-23(10-7-21-9-12-28(35)33(15-21)41-4)25(30(37)18-24)19-26-29(36)13-22(16-31(26)39-2)6-5-20-8-11-27(34)32(14-20)40-3/h8-9,11-18,34-37H,5-7,10,19H2,1-4H3. The lowest BCUT2D eigenvalue weighted by Gasteiger charge is -2.18. The first-order valence-corrected chi connectivity index (χ1v) is 13.3. The van der Waals surface area contributed by atoms with E-state index < -0.39 is 0 Å². The van der Waals surface area contributed by atoms with Crippen molar-refractivity contribution in [2.45, 2.75) is 32.1 Å². The second-order valence-corrected chi connectivity index (χ2v) is 9.77. The molecule has 8 heteroatoms. The van der Waals surface area contributed by atoms with Gasteiger partial charge in [0.25, 0.3) is 0 Å². The quantitative estimate of drug-likeness (QED) is 0.174. The van der Waals surface area contributed by atoms with Crippen LogP contribution in [-0.2, 0) is 32.1 Å². The highest BCUT2D eigenvalue weighted by atomic mass is 16.5. The number of ether oxygens (including phenoxy) is 4. The zero-order valence-electron chi connectivity index (χ0n) is 23.7. The van der Waals surface area contributed by atoms with Crippen LogP contribution >= 0.6 is 0 Å². The van der Waals surface area contributed by atoms with Gasteiger partial charge in [0.2, 0.25) is 0 Å². The molecule has 0 amide bonds. The van der Waals surface area contributed by atoms with Gasteiger partial charge in [0.1, 0.15) is 23.0 Å². The Morgan fingerprint density at radius 2 is 0.976 bits per heavy atom. The van der Waals surface area contributed by atoms with Crippen molar-refractivity contribution < 1.29 is 39.4 Å². The van der Waals surface area contributed by atoms with Gasteiger partial charge in [-0.2, -0.15) is 0 Å². The molecule has 0 aromatic heterocycles. The molecule has 4 rings (SSSR count). The van der Waals surface area contributed by atoms with Gasteiger partial charge in [-0.1, -0.05) is 12.1 Å². The van der Waals surface area contributed by atoms with E-state index in [1.807, 2.05) is 24.3 Å². The van der Waals surface area contributed by atoms with E-state index in [0.29, 0.717) is 59.8 Å². The third-order valence-corrected chi connectivity index (χ3v) is 7.22. The van der Waals surface area contributed by atoms with Crippen molar-refractivity contribution in [1.29, 1.82) is 0 Å². The van der Waals surface area contributed by atoms with Gasteiger partial charge >= 0.3 is 0 Å². The van der Waals surface area contributed by atoms with Gasteiger partial charge < -0.3 is 39.4 Å². The van der Waals surface area contributed by atoms with Crippen molar-refractivity contribution in [2.75, 3.05) is 28.4 Å². The summed E-state index contributed by atoms with van der Waals surface area (Å²) in [6.07, 6.45) is 2.75. The molecule has 4 N–H and O–H groups in total. The van der Waals surface area contributed by atoms with Crippen LogP contribution in [0.1, 0.15) is 33.4 Å². The summed E-state index contributed by atoms with van der Waals surface area (Å²) in [4.78, 5) is 0. The topological polar surface area (TPSA) is 118 Å². The minimum atomic E-state index is 0.0643. The molecule has 41 heavy (non-hydrogen) atoms. The van der Waals surface area contributed by atoms with Gasteiger partial charge in [0.15, 0.2) is 23.0 Å². The second-order valence-electron chi connectivity index (χ2n) is 9.77. The zero-order chi connectivity index (χ0) is 29.5. The number of phenols is 4. The van der Waals surface area contributed by atoms with Crippen molar-refractivity contribution in [3.63, 3.8) is 0 Å². The van der Waals surface area contributed by atoms with E-state index in [9.17, 15) is 20.4 Å². The van der Waals surface area contributed by atoms with Gasteiger partial charge in [0.05, 0.1) is 28.4 Å². The Hall–Kier alpha value is -4.72. The first-order valence-electron chi connectivity index (χ1n) is 13.3. The molecule has 4 aromatic carbocycles. The van der Waals surface area contributed by atoms with Crippen LogP contribution in [0.4, 0.5) is 0 Å². The molecule has 0 bridgehead atoms. The van der Waals surface area contributed by atoms with Crippen molar-refractivity contribution in [2.24, 2.45) is 0 Å². The first kappa shape index (κ1) is 29.3. The highest BCUT2D eigenvalue weighted by Crippen LogP contribution is 2.38. The molecular weight excluding hydrogens is 524 g/mol. The van der Waals surface area contributed by atoms with E-state index in [2.05, 4.69) is 0 Å². The van der Waals surface area contributed by atoms with E-state index in [1.54, 1.807) is 50.6 Å². The summed E-state index contributed by atoms with van der Waals surface area (Å²) >= 11 is 0. The van der Waals surface area contributed by atoms with Gasteiger partial charge in [-0.15, -0.1) is 0 Å². The fraction of sp³-hybridized carbons (Fsp3) is 0.273. The number of methoxy groups -OCH3 is 4. The summed E-state index contributed by atoms with van der Waals surface area (Å²) < 4.78 is 21.5. The van der Waals surface area contributed by atoms with Crippen LogP contribution in [0.25, 0.3) is 0 Å². The average molecular weight is 561 g/mol. The molecule has 0 aliphatic heterocycles. The maximum Gasteiger partial charge on any atom is 0.160 e. The van der Waals surface area contributed by atoms with Crippen LogP contribution < -0.4 is 18.9 Å². The third-order valence-electron chi connectivity index (χ3n) is 7.22. The molecule has 0 aliphatic carbocycles. The molecule has 0 spiro atoms. The minimum Gasteiger partial charge on any atom is -0.508 e. The van der Waals surface area contributed by atoms with E-state index in [1.165, 1.54) is 14.2 Å². The maximum atomic E-state index is 11.1. The van der Waals surface area contributed by atoms with Gasteiger partial charge in [-0.05, 0) is 90.4 Å². The number of hydrogen-bond donors (Lipinski definition) is 4. The van der Waals surface area contributed by atoms with Crippen LogP contribution in [0.15, 0.2) is 60.7 Å². The molecule has 0 aliphatic rings. The summed E-state index contributed by atoms with van der Waals surface area (Å²) in [7, 11) is 6.12. The van der Waals surface area contributed by atoms with Crippen LogP contribution in [0, 0.1) is 0 Å². The van der Waals surface area contributed by atoms with Crippen molar-refractivity contribution >= 4 is 0 Å². The highest BCUT2D eigenvalue weighted by molar-refractivity contribution is 5.55. The second kappa shape index (κ2) is 13.1. The van der Waals surface area contributed by atoms with Crippen molar-refractivity contribution in [3.05, 3.63) is 94.0 Å². The molecule has 0 heterocycles. The zero-order valence-corrected chi connectivity index (χ0v) is 23.7. The van der Waals surface area contributed by atoms with E-state index >= 15 is 0 Å². The largest absolute Gasteiger partial charge is 0.508 e. The lowest BCUT2D eigenvalue weighted by molar-refractivity contribution is 0.373. The highest BCUT2D eigenvalue weighted by Gasteiger charge is 2.18. The fourth-order valence-corrected chi connectivity index (χ4v) is 4.92. The third kappa shape index (κ3) is 6.90. The van der Waals surface area contributed by atoms with Crippen LogP contribution in [0.2, 0.25) is 0 Å². The SMILES string of the molecule is COc1cc(O)c(Cc2c(O)cc(CCc3ccc(O)c(OC)c3)cc2OC)c(CCc2ccc(O)c(OC)c2)c1. The smallest absolute Gasteiger partial charge is 0.160 e. The number of phenolic OH excluding ortho intramolecular Hbond substituents is 4. The Morgan fingerprint density at radius 1 is 0.463 bits per heavy atom. The average Bonchev–Trinajstić information content (AvgIpc) is 2.98. The van der Waals surface area contributed by atoms with Gasteiger partial charge in [-0.3, -0.25) is 0 Å². The molecule has 0 saturated heterocycles. The van der Waals surface area contributed by atoms with E-state index in [0.717, 1.165) is 22.3 Å². The Kier molecular flexibility index (Phi) is 9.34. The molecule has 4 aromatic rings. The summed E-state index contributed by atoms with van der Waals surface area (Å²) in [5, 5.41) is 41.8. The van der Waals surface area contributed by atoms with Crippen LogP contribution in [-0.4, -0.2) is 48.9 Å². The van der Waals surface area contributed by atoms with Gasteiger partial charge in [-0.25, -0.2) is 0 Å². The number of benzene rings is 4. The van der Waals surface area contributed by atoms with Crippen LogP contribution in [0.3, 0.4) is 0 Å². The molecule has 0 atom stereocenters. The maximum absolute atomic E-state index is 11.1. The lowest BCUT2D eigenvalue weighted by Crippen LogP contribution is -2.03. The summed E-state index contributed by atoms with van der Waals surface area (Å²) in [6, 6.07) is 17.5. The normalized spacial score (nSPS) is 10.8. The van der Waals surface area contributed by atoms with E-state index in [-0.39, 0.29) is 29.4 Å². The molecule has 0 fully saturated rings. The van der Waals surface area contributed by atoms with Crippen molar-refractivity contribution in [1.82, 2.24) is 0 Å². The Balaban J connectivity index is 1.59. The summed E-state index contributed by atoms with van der Waals surface area (Å²) in [5.74, 6) is 2.17. The molecule has 8 nitrogen and oxygen atoms in total. The van der Waals surface area contributed by atoms with Crippen LogP contribution in [0.5, 0.6) is 46.0 Å². The van der Waals surface area contributed by atoms with E-state index in [4.69, 9.17) is 18.9 Å². The van der Waals surface area contributed by atoms with Crippen molar-refractivity contribution in [3.8, 4) is 46.0 Å².